The maximum Gasteiger partial charge on any atom is 0.417 e. The molecule has 0 unspecified atom stereocenters. The van der Waals surface area contributed by atoms with Gasteiger partial charge in [-0.15, -0.1) is 17.0 Å². The van der Waals surface area contributed by atoms with E-state index >= 15 is 0 Å². The van der Waals surface area contributed by atoms with Gasteiger partial charge in [0.25, 0.3) is 0 Å². The second-order valence-corrected chi connectivity index (χ2v) is 5.23. The molecule has 2 nitrogen and oxygen atoms in total. The van der Waals surface area contributed by atoms with Crippen LogP contribution in [0.5, 0.6) is 0 Å². The molecule has 0 atom stereocenters. The van der Waals surface area contributed by atoms with Gasteiger partial charge in [0.15, 0.2) is 0 Å². The predicted molar refractivity (Wildman–Crippen MR) is 83.7 cm³/mol. The first-order valence-electron chi connectivity index (χ1n) is 5.75. The van der Waals surface area contributed by atoms with Gasteiger partial charge in [0.2, 0.25) is 0 Å². The Labute approximate surface area is 137 Å². The lowest BCUT2D eigenvalue weighted by Gasteiger charge is -2.05. The smallest absolute Gasteiger partial charge is 0.306 e. The molecule has 7 heteroatoms. The minimum Gasteiger partial charge on any atom is -0.306 e. The molecule has 0 aliphatic carbocycles. The van der Waals surface area contributed by atoms with E-state index in [-0.39, 0.29) is 17.0 Å². The minimum atomic E-state index is -4.35. The molecule has 0 aliphatic heterocycles. The first-order valence-corrected chi connectivity index (χ1v) is 6.55. The summed E-state index contributed by atoms with van der Waals surface area (Å²) < 4.78 is 40.3. The van der Waals surface area contributed by atoms with E-state index in [1.54, 1.807) is 6.20 Å². The number of aromatic nitrogens is 2. The monoisotopic (exact) mass is 420 g/mol. The van der Waals surface area contributed by atoms with Crippen LogP contribution in [0.2, 0.25) is 0 Å². The Balaban J connectivity index is 0.00000161. The van der Waals surface area contributed by atoms with E-state index < -0.39 is 11.7 Å². The molecule has 0 amide bonds. The molecule has 3 aromatic rings. The zero-order valence-corrected chi connectivity index (χ0v) is 13.7. The third-order valence-corrected chi connectivity index (χ3v) is 3.45. The topological polar surface area (TPSA) is 17.3 Å². The third kappa shape index (κ3) is 3.29. The molecule has 1 aromatic carbocycles. The fraction of sp³-hybridized carbons (Fsp3) is 0.0714. The lowest BCUT2D eigenvalue weighted by atomic mass is 10.2. The first-order chi connectivity index (χ1) is 9.43. The van der Waals surface area contributed by atoms with E-state index in [4.69, 9.17) is 0 Å². The van der Waals surface area contributed by atoms with Crippen LogP contribution >= 0.6 is 32.9 Å². The van der Waals surface area contributed by atoms with E-state index in [1.165, 1.54) is 10.5 Å². The third-order valence-electron chi connectivity index (χ3n) is 2.92. The highest BCUT2D eigenvalue weighted by Crippen LogP contribution is 2.30. The molecule has 0 aliphatic rings. The minimum absolute atomic E-state index is 0. The van der Waals surface area contributed by atoms with Crippen molar-refractivity contribution in [2.45, 2.75) is 6.18 Å². The zero-order valence-electron chi connectivity index (χ0n) is 10.4. The van der Waals surface area contributed by atoms with Crippen LogP contribution in [-0.2, 0) is 6.18 Å². The second-order valence-electron chi connectivity index (χ2n) is 4.31. The van der Waals surface area contributed by atoms with Crippen LogP contribution in [0.4, 0.5) is 13.2 Å². The van der Waals surface area contributed by atoms with Crippen molar-refractivity contribution in [1.29, 1.82) is 0 Å². The molecule has 3 rings (SSSR count). The van der Waals surface area contributed by atoms with Crippen LogP contribution < -0.4 is 0 Å². The summed E-state index contributed by atoms with van der Waals surface area (Å²) in [6, 6.07) is 9.84. The number of fused-ring (bicyclic) bond motifs is 1. The number of alkyl halides is 3. The van der Waals surface area contributed by atoms with Crippen molar-refractivity contribution in [2.24, 2.45) is 0 Å². The molecule has 0 N–H and O–H groups in total. The van der Waals surface area contributed by atoms with Crippen LogP contribution in [0.25, 0.3) is 16.9 Å². The lowest BCUT2D eigenvalue weighted by molar-refractivity contribution is -0.137. The fourth-order valence-corrected chi connectivity index (χ4v) is 2.18. The second kappa shape index (κ2) is 5.81. The largest absolute Gasteiger partial charge is 0.417 e. The quantitative estimate of drug-likeness (QED) is 0.517. The number of hydrogen-bond donors (Lipinski definition) is 0. The average molecular weight is 422 g/mol. The van der Waals surface area contributed by atoms with Gasteiger partial charge in [-0.3, -0.25) is 0 Å². The number of halogens is 5. The highest BCUT2D eigenvalue weighted by Gasteiger charge is 2.30. The molecule has 0 radical (unpaired) electrons. The molecular weight excluding hydrogens is 413 g/mol. The molecule has 2 heterocycles. The Morgan fingerprint density at radius 2 is 1.62 bits per heavy atom. The number of benzene rings is 1. The summed E-state index contributed by atoms with van der Waals surface area (Å²) in [5.74, 6) is 0. The molecule has 0 bridgehead atoms. The Kier molecular flexibility index (Phi) is 4.43. The Morgan fingerprint density at radius 3 is 2.24 bits per heavy atom. The molecule has 2 aromatic heterocycles. The Bertz CT molecular complexity index is 764. The number of rotatable bonds is 1. The Hall–Kier alpha value is -1.34. The molecule has 21 heavy (non-hydrogen) atoms. The van der Waals surface area contributed by atoms with E-state index in [9.17, 15) is 13.2 Å². The Morgan fingerprint density at radius 1 is 0.952 bits per heavy atom. The van der Waals surface area contributed by atoms with E-state index in [0.717, 1.165) is 22.3 Å². The van der Waals surface area contributed by atoms with E-state index in [0.29, 0.717) is 11.3 Å². The highest BCUT2D eigenvalue weighted by atomic mass is 79.9. The van der Waals surface area contributed by atoms with Crippen molar-refractivity contribution in [3.63, 3.8) is 0 Å². The standard InChI is InChI=1S/C14H8BrF3N2.BrH/c15-11-4-1-9(2-5-11)12-8-20-7-10(14(16,17)18)3-6-13(20)19-12;/h1-8H;1H. The van der Waals surface area contributed by atoms with Gasteiger partial charge in [-0.25, -0.2) is 4.98 Å². The number of imidazole rings is 1. The maximum absolute atomic E-state index is 12.7. The average Bonchev–Trinajstić information content (AvgIpc) is 2.81. The summed E-state index contributed by atoms with van der Waals surface area (Å²) in [6.45, 7) is 0. The maximum atomic E-state index is 12.7. The fourth-order valence-electron chi connectivity index (χ4n) is 1.92. The number of hydrogen-bond acceptors (Lipinski definition) is 1. The SMILES string of the molecule is Br.FC(F)(F)c1ccc2nc(-c3ccc(Br)cc3)cn2c1. The summed E-state index contributed by atoms with van der Waals surface area (Å²) in [5.41, 5.74) is 1.28. The number of pyridine rings is 1. The van der Waals surface area contributed by atoms with Crippen LogP contribution in [0.15, 0.2) is 53.3 Å². The summed E-state index contributed by atoms with van der Waals surface area (Å²) >= 11 is 3.33. The van der Waals surface area contributed by atoms with Gasteiger partial charge in [0.1, 0.15) is 5.65 Å². The van der Waals surface area contributed by atoms with Gasteiger partial charge < -0.3 is 4.40 Å². The molecule has 0 saturated heterocycles. The molecule has 0 fully saturated rings. The van der Waals surface area contributed by atoms with Crippen molar-refractivity contribution in [1.82, 2.24) is 9.38 Å². The zero-order chi connectivity index (χ0) is 14.3. The van der Waals surface area contributed by atoms with Crippen molar-refractivity contribution in [3.8, 4) is 11.3 Å². The van der Waals surface area contributed by atoms with Crippen molar-refractivity contribution in [3.05, 3.63) is 58.8 Å². The van der Waals surface area contributed by atoms with Gasteiger partial charge in [-0.1, -0.05) is 28.1 Å². The van der Waals surface area contributed by atoms with Gasteiger partial charge in [0.05, 0.1) is 11.3 Å². The predicted octanol–water partition coefficient (Wildman–Crippen LogP) is 5.36. The highest BCUT2D eigenvalue weighted by molar-refractivity contribution is 9.10. The normalized spacial score (nSPS) is 11.4. The van der Waals surface area contributed by atoms with Crippen molar-refractivity contribution < 1.29 is 13.2 Å². The lowest BCUT2D eigenvalue weighted by Crippen LogP contribution is -2.05. The number of nitrogens with zero attached hydrogens (tertiary/aromatic N) is 2. The molecule has 0 spiro atoms. The van der Waals surface area contributed by atoms with Crippen molar-refractivity contribution >= 4 is 38.6 Å². The van der Waals surface area contributed by atoms with Gasteiger partial charge in [-0.2, -0.15) is 13.2 Å². The van der Waals surface area contributed by atoms with E-state index in [1.807, 2.05) is 24.3 Å². The summed E-state index contributed by atoms with van der Waals surface area (Å²) in [5, 5.41) is 0. The van der Waals surface area contributed by atoms with Crippen LogP contribution in [0, 0.1) is 0 Å². The van der Waals surface area contributed by atoms with Crippen LogP contribution in [0.1, 0.15) is 5.56 Å². The molecule has 110 valence electrons. The summed E-state index contributed by atoms with van der Waals surface area (Å²) in [4.78, 5) is 4.32. The van der Waals surface area contributed by atoms with Gasteiger partial charge in [-0.05, 0) is 24.3 Å². The van der Waals surface area contributed by atoms with Crippen molar-refractivity contribution in [2.75, 3.05) is 0 Å². The summed E-state index contributed by atoms with van der Waals surface area (Å²) in [6.07, 6.45) is -1.71. The van der Waals surface area contributed by atoms with Gasteiger partial charge in [0, 0.05) is 22.4 Å². The molecular formula is C14H9Br2F3N2. The molecule has 0 saturated carbocycles. The van der Waals surface area contributed by atoms with E-state index in [2.05, 4.69) is 20.9 Å². The van der Waals surface area contributed by atoms with Crippen LogP contribution in [0.3, 0.4) is 0 Å². The first kappa shape index (κ1) is 16.0. The van der Waals surface area contributed by atoms with Crippen LogP contribution in [-0.4, -0.2) is 9.38 Å². The summed E-state index contributed by atoms with van der Waals surface area (Å²) in [7, 11) is 0. The van der Waals surface area contributed by atoms with Gasteiger partial charge >= 0.3 is 6.18 Å².